The number of ether oxygens (including phenoxy) is 4. The minimum atomic E-state index is 0.0250. The van der Waals surface area contributed by atoms with Gasteiger partial charge in [-0.25, -0.2) is 0 Å². The molecule has 0 saturated heterocycles. The lowest BCUT2D eigenvalue weighted by Gasteiger charge is -2.07. The van der Waals surface area contributed by atoms with Gasteiger partial charge in [-0.3, -0.25) is 0 Å². The summed E-state index contributed by atoms with van der Waals surface area (Å²) < 4.78 is 21.4. The van der Waals surface area contributed by atoms with Crippen molar-refractivity contribution < 1.29 is 29.2 Å². The van der Waals surface area contributed by atoms with Gasteiger partial charge in [-0.15, -0.1) is 0 Å². The highest BCUT2D eigenvalue weighted by molar-refractivity contribution is 5.70. The molecule has 0 atom stereocenters. The molecule has 0 aliphatic heterocycles. The molecule has 0 spiro atoms. The highest BCUT2D eigenvalue weighted by Crippen LogP contribution is 2.16. The average Bonchev–Trinajstić information content (AvgIpc) is 2.74. The summed E-state index contributed by atoms with van der Waals surface area (Å²) in [4.78, 5) is 0. The topological polar surface area (TPSA) is 77.4 Å². The normalized spacial score (nSPS) is 11.1. The molecule has 0 aliphatic rings. The van der Waals surface area contributed by atoms with Crippen LogP contribution in [-0.4, -0.2) is 63.1 Å². The Morgan fingerprint density at radius 2 is 0.929 bits per heavy atom. The Morgan fingerprint density at radius 3 is 1.29 bits per heavy atom. The molecule has 2 aromatic carbocycles. The van der Waals surface area contributed by atoms with Crippen LogP contribution in [0.1, 0.15) is 11.1 Å². The Balaban J connectivity index is 1.73. The van der Waals surface area contributed by atoms with Crippen LogP contribution in [0.2, 0.25) is 0 Å². The van der Waals surface area contributed by atoms with Crippen LogP contribution in [-0.2, 0) is 9.47 Å². The zero-order valence-corrected chi connectivity index (χ0v) is 16.0. The van der Waals surface area contributed by atoms with Crippen LogP contribution in [0, 0.1) is 0 Å². The molecule has 0 unspecified atom stereocenters. The summed E-state index contributed by atoms with van der Waals surface area (Å²) >= 11 is 0. The lowest BCUT2D eigenvalue weighted by molar-refractivity contribution is 0.0705. The van der Waals surface area contributed by atoms with Crippen molar-refractivity contribution in [2.24, 2.45) is 0 Å². The van der Waals surface area contributed by atoms with E-state index < -0.39 is 0 Å². The van der Waals surface area contributed by atoms with Crippen LogP contribution >= 0.6 is 0 Å². The van der Waals surface area contributed by atoms with Crippen LogP contribution < -0.4 is 9.47 Å². The van der Waals surface area contributed by atoms with E-state index in [4.69, 9.17) is 29.2 Å². The molecule has 0 aliphatic carbocycles. The predicted octanol–water partition coefficient (Wildman–Crippen LogP) is 2.63. The van der Waals surface area contributed by atoms with Gasteiger partial charge in [0.15, 0.2) is 0 Å². The molecule has 2 N–H and O–H groups in total. The number of aliphatic hydroxyl groups is 2. The molecule has 6 nitrogen and oxygen atoms in total. The molecular weight excluding hydrogens is 360 g/mol. The Kier molecular flexibility index (Phi) is 10.8. The summed E-state index contributed by atoms with van der Waals surface area (Å²) in [5.41, 5.74) is 2.15. The second-order valence-corrected chi connectivity index (χ2v) is 5.84. The number of aliphatic hydroxyl groups excluding tert-OH is 2. The van der Waals surface area contributed by atoms with E-state index in [2.05, 4.69) is 0 Å². The largest absolute Gasteiger partial charge is 0.491 e. The van der Waals surface area contributed by atoms with Crippen LogP contribution in [0.15, 0.2) is 48.5 Å². The van der Waals surface area contributed by atoms with Gasteiger partial charge in [0, 0.05) is 0 Å². The third kappa shape index (κ3) is 9.01. The Bertz CT molecular complexity index is 607. The fourth-order valence-corrected chi connectivity index (χ4v) is 2.31. The summed E-state index contributed by atoms with van der Waals surface area (Å²) in [6.45, 7) is 2.54. The first kappa shape index (κ1) is 21.9. The van der Waals surface area contributed by atoms with E-state index in [1.165, 1.54) is 0 Å². The standard InChI is InChI=1S/C22H28O6/c23-11-13-25-15-17-27-21-7-3-19(4-8-21)1-2-20-5-9-22(10-6-20)28-18-16-26-14-12-24/h1-10,23-24H,11-18H2/b2-1+. The van der Waals surface area contributed by atoms with Gasteiger partial charge in [0.2, 0.25) is 0 Å². The Labute approximate surface area is 165 Å². The van der Waals surface area contributed by atoms with E-state index in [-0.39, 0.29) is 13.2 Å². The van der Waals surface area contributed by atoms with Crippen LogP contribution in [0.4, 0.5) is 0 Å². The average molecular weight is 388 g/mol. The maximum atomic E-state index is 8.63. The second kappa shape index (κ2) is 13.7. The molecule has 0 heterocycles. The molecule has 0 saturated carbocycles. The van der Waals surface area contributed by atoms with Crippen molar-refractivity contribution >= 4 is 12.2 Å². The maximum absolute atomic E-state index is 8.63. The Morgan fingerprint density at radius 1 is 0.536 bits per heavy atom. The smallest absolute Gasteiger partial charge is 0.119 e. The zero-order valence-electron chi connectivity index (χ0n) is 16.0. The predicted molar refractivity (Wildman–Crippen MR) is 109 cm³/mol. The molecule has 0 amide bonds. The van der Waals surface area contributed by atoms with E-state index in [9.17, 15) is 0 Å². The van der Waals surface area contributed by atoms with Crippen molar-refractivity contribution in [3.8, 4) is 11.5 Å². The van der Waals surface area contributed by atoms with Crippen LogP contribution in [0.5, 0.6) is 11.5 Å². The van der Waals surface area contributed by atoms with Crippen molar-refractivity contribution in [1.29, 1.82) is 0 Å². The molecule has 6 heteroatoms. The van der Waals surface area contributed by atoms with Gasteiger partial charge >= 0.3 is 0 Å². The van der Waals surface area contributed by atoms with Gasteiger partial charge in [-0.05, 0) is 35.4 Å². The number of hydrogen-bond acceptors (Lipinski definition) is 6. The summed E-state index contributed by atoms with van der Waals surface area (Å²) in [6.07, 6.45) is 4.07. The lowest BCUT2D eigenvalue weighted by atomic mass is 10.1. The van der Waals surface area contributed by atoms with Crippen LogP contribution in [0.25, 0.3) is 12.2 Å². The maximum Gasteiger partial charge on any atom is 0.119 e. The second-order valence-electron chi connectivity index (χ2n) is 5.84. The fraction of sp³-hybridized carbons (Fsp3) is 0.364. The summed E-state index contributed by atoms with van der Waals surface area (Å²) in [5, 5.41) is 17.3. The van der Waals surface area contributed by atoms with Crippen molar-refractivity contribution in [3.63, 3.8) is 0 Å². The first-order valence-electron chi connectivity index (χ1n) is 9.33. The van der Waals surface area contributed by atoms with Gasteiger partial charge in [0.25, 0.3) is 0 Å². The van der Waals surface area contributed by atoms with E-state index in [0.717, 1.165) is 22.6 Å². The zero-order chi connectivity index (χ0) is 19.9. The molecular formula is C22H28O6. The van der Waals surface area contributed by atoms with E-state index in [0.29, 0.717) is 39.6 Å². The van der Waals surface area contributed by atoms with Gasteiger partial charge in [0.05, 0.1) is 39.6 Å². The third-order valence-corrected chi connectivity index (χ3v) is 3.69. The van der Waals surface area contributed by atoms with E-state index in [1.807, 2.05) is 60.7 Å². The van der Waals surface area contributed by atoms with Crippen molar-refractivity contribution in [1.82, 2.24) is 0 Å². The SMILES string of the molecule is OCCOCCOc1ccc(/C=C/c2ccc(OCCOCCO)cc2)cc1. The first-order valence-corrected chi connectivity index (χ1v) is 9.33. The monoisotopic (exact) mass is 388 g/mol. The fourth-order valence-electron chi connectivity index (χ4n) is 2.31. The van der Waals surface area contributed by atoms with Crippen molar-refractivity contribution in [2.75, 3.05) is 52.9 Å². The van der Waals surface area contributed by atoms with E-state index >= 15 is 0 Å². The number of benzene rings is 2. The quantitative estimate of drug-likeness (QED) is 0.383. The number of rotatable bonds is 14. The Hall–Kier alpha value is -2.38. The molecule has 0 aromatic heterocycles. The molecule has 28 heavy (non-hydrogen) atoms. The molecule has 0 radical (unpaired) electrons. The lowest BCUT2D eigenvalue weighted by Crippen LogP contribution is -2.09. The van der Waals surface area contributed by atoms with Crippen molar-refractivity contribution in [2.45, 2.75) is 0 Å². The molecule has 2 aromatic rings. The molecule has 0 fully saturated rings. The summed E-state index contributed by atoms with van der Waals surface area (Å²) in [6, 6.07) is 15.6. The minimum Gasteiger partial charge on any atom is -0.491 e. The van der Waals surface area contributed by atoms with Gasteiger partial charge in [0.1, 0.15) is 24.7 Å². The third-order valence-electron chi connectivity index (χ3n) is 3.69. The highest BCUT2D eigenvalue weighted by Gasteiger charge is 1.96. The van der Waals surface area contributed by atoms with Crippen molar-refractivity contribution in [3.05, 3.63) is 59.7 Å². The van der Waals surface area contributed by atoms with E-state index in [1.54, 1.807) is 0 Å². The minimum absolute atomic E-state index is 0.0250. The van der Waals surface area contributed by atoms with Gasteiger partial charge in [-0.1, -0.05) is 36.4 Å². The number of hydrogen-bond donors (Lipinski definition) is 2. The molecule has 152 valence electrons. The van der Waals surface area contributed by atoms with Gasteiger partial charge in [-0.2, -0.15) is 0 Å². The highest BCUT2D eigenvalue weighted by atomic mass is 16.5. The molecule has 0 bridgehead atoms. The molecule has 2 rings (SSSR count). The van der Waals surface area contributed by atoms with Crippen LogP contribution in [0.3, 0.4) is 0 Å². The first-order chi connectivity index (χ1) is 13.8. The van der Waals surface area contributed by atoms with Gasteiger partial charge < -0.3 is 29.2 Å². The summed E-state index contributed by atoms with van der Waals surface area (Å²) in [7, 11) is 0. The summed E-state index contributed by atoms with van der Waals surface area (Å²) in [5.74, 6) is 1.57.